The molecule has 3 aromatic rings. The third-order valence-electron chi connectivity index (χ3n) is 7.48. The third-order valence-corrected chi connectivity index (χ3v) is 7.48. The molecule has 1 aliphatic rings. The largest absolute Gasteiger partial charge is 0.464 e. The first-order chi connectivity index (χ1) is 20.0. The van der Waals surface area contributed by atoms with E-state index < -0.39 is 47.9 Å². The summed E-state index contributed by atoms with van der Waals surface area (Å²) in [6, 6.07) is 14.5. The van der Waals surface area contributed by atoms with Crippen LogP contribution in [0.15, 0.2) is 54.6 Å². The predicted molar refractivity (Wildman–Crippen MR) is 153 cm³/mol. The van der Waals surface area contributed by atoms with E-state index in [0.717, 1.165) is 16.7 Å². The molecular weight excluding hydrogens is 540 g/mol. The fourth-order valence-electron chi connectivity index (χ4n) is 5.23. The number of carbonyl (C=O) groups excluding carboxylic acids is 4. The number of aliphatic hydroxyl groups excluding tert-OH is 1. The Morgan fingerprint density at radius 2 is 1.71 bits per heavy atom. The number of esters is 1. The minimum absolute atomic E-state index is 0.0105. The Labute approximate surface area is 243 Å². The number of hydrogen-bond acceptors (Lipinski definition) is 8. The molecule has 0 bridgehead atoms. The molecule has 4 atom stereocenters. The van der Waals surface area contributed by atoms with Crippen molar-refractivity contribution in [2.45, 2.75) is 57.8 Å². The van der Waals surface area contributed by atoms with Crippen LogP contribution in [0.4, 0.5) is 0 Å². The van der Waals surface area contributed by atoms with E-state index in [2.05, 4.69) is 15.6 Å². The molecule has 222 valence electrons. The van der Waals surface area contributed by atoms with E-state index in [0.29, 0.717) is 5.69 Å². The van der Waals surface area contributed by atoms with Crippen LogP contribution >= 0.6 is 0 Å². The first-order valence-corrected chi connectivity index (χ1v) is 13.7. The maximum atomic E-state index is 13.8. The van der Waals surface area contributed by atoms with Crippen molar-refractivity contribution in [3.05, 3.63) is 71.5 Å². The smallest absolute Gasteiger partial charge is 0.360 e. The van der Waals surface area contributed by atoms with Crippen molar-refractivity contribution in [3.63, 3.8) is 0 Å². The number of benzene rings is 2. The van der Waals surface area contributed by atoms with Gasteiger partial charge in [-0.15, -0.1) is 5.10 Å². The van der Waals surface area contributed by atoms with Crippen LogP contribution in [-0.2, 0) is 25.5 Å². The molecule has 4 N–H and O–H groups in total. The SMILES string of the molecule is COC(=O)c1nnn([C@@H](C(=O)N2C[C@H](O)C[C@H]2C(=O)N[C@H](Cc2ccc(-c3ccccc3)cc2)C(N)=O)C(C)C)c1C. The summed E-state index contributed by atoms with van der Waals surface area (Å²) in [5.41, 5.74) is 8.82. The van der Waals surface area contributed by atoms with Gasteiger partial charge in [0.25, 0.3) is 0 Å². The average molecular weight is 577 g/mol. The molecule has 12 heteroatoms. The fourth-order valence-corrected chi connectivity index (χ4v) is 5.23. The summed E-state index contributed by atoms with van der Waals surface area (Å²) < 4.78 is 6.08. The number of nitrogens with zero attached hydrogens (tertiary/aromatic N) is 4. The number of rotatable bonds is 10. The number of amides is 3. The van der Waals surface area contributed by atoms with Gasteiger partial charge in [-0.05, 0) is 29.5 Å². The van der Waals surface area contributed by atoms with Crippen LogP contribution in [-0.4, -0.2) is 80.5 Å². The summed E-state index contributed by atoms with van der Waals surface area (Å²) in [5, 5.41) is 21.1. The number of aliphatic hydroxyl groups is 1. The topological polar surface area (TPSA) is 170 Å². The second-order valence-corrected chi connectivity index (χ2v) is 10.8. The molecule has 1 fully saturated rings. The highest BCUT2D eigenvalue weighted by molar-refractivity contribution is 5.93. The highest BCUT2D eigenvalue weighted by Gasteiger charge is 2.44. The molecule has 0 saturated carbocycles. The summed E-state index contributed by atoms with van der Waals surface area (Å²) in [6.07, 6.45) is -0.802. The Bertz CT molecular complexity index is 1440. The maximum absolute atomic E-state index is 13.8. The number of hydrogen-bond donors (Lipinski definition) is 3. The number of nitrogens with two attached hydrogens (primary N) is 1. The highest BCUT2D eigenvalue weighted by atomic mass is 16.5. The van der Waals surface area contributed by atoms with Gasteiger partial charge in [0, 0.05) is 19.4 Å². The van der Waals surface area contributed by atoms with Gasteiger partial charge in [-0.3, -0.25) is 14.4 Å². The molecule has 1 aliphatic heterocycles. The summed E-state index contributed by atoms with van der Waals surface area (Å²) >= 11 is 0. The number of likely N-dealkylation sites (tertiary alicyclic amines) is 1. The quantitative estimate of drug-likeness (QED) is 0.304. The van der Waals surface area contributed by atoms with Crippen LogP contribution in [0.3, 0.4) is 0 Å². The zero-order valence-corrected chi connectivity index (χ0v) is 24.1. The molecule has 0 spiro atoms. The fraction of sp³-hybridized carbons (Fsp3) is 0.400. The summed E-state index contributed by atoms with van der Waals surface area (Å²) in [5.74, 6) is -2.78. The normalized spacial score (nSPS) is 18.0. The van der Waals surface area contributed by atoms with E-state index >= 15 is 0 Å². The Hall–Kier alpha value is -4.58. The zero-order valence-electron chi connectivity index (χ0n) is 24.1. The highest BCUT2D eigenvalue weighted by Crippen LogP contribution is 2.28. The average Bonchev–Trinajstić information content (AvgIpc) is 3.55. The van der Waals surface area contributed by atoms with E-state index in [1.165, 1.54) is 16.7 Å². The number of methoxy groups -OCH3 is 1. The lowest BCUT2D eigenvalue weighted by Gasteiger charge is -2.31. The number of ether oxygens (including phenoxy) is 1. The van der Waals surface area contributed by atoms with Gasteiger partial charge in [-0.2, -0.15) is 0 Å². The molecule has 2 aromatic carbocycles. The van der Waals surface area contributed by atoms with Crippen LogP contribution in [0.1, 0.15) is 48.1 Å². The van der Waals surface area contributed by atoms with Gasteiger partial charge in [0.05, 0.1) is 18.9 Å². The van der Waals surface area contributed by atoms with E-state index in [-0.39, 0.29) is 31.0 Å². The Kier molecular flexibility index (Phi) is 9.36. The summed E-state index contributed by atoms with van der Waals surface area (Å²) in [4.78, 5) is 53.0. The number of nitrogens with one attached hydrogen (secondary N) is 1. The predicted octanol–water partition coefficient (Wildman–Crippen LogP) is 1.41. The first kappa shape index (κ1) is 30.4. The Morgan fingerprint density at radius 3 is 2.31 bits per heavy atom. The lowest BCUT2D eigenvalue weighted by molar-refractivity contribution is -0.143. The maximum Gasteiger partial charge on any atom is 0.360 e. The molecule has 3 amide bonds. The van der Waals surface area contributed by atoms with E-state index in [1.807, 2.05) is 54.6 Å². The molecular formula is C30H36N6O6. The molecule has 0 radical (unpaired) electrons. The second-order valence-electron chi connectivity index (χ2n) is 10.8. The lowest BCUT2D eigenvalue weighted by atomic mass is 10.00. The molecule has 12 nitrogen and oxygen atoms in total. The minimum atomic E-state index is -1.04. The number of aromatic nitrogens is 3. The Morgan fingerprint density at radius 1 is 1.07 bits per heavy atom. The van der Waals surface area contributed by atoms with Crippen molar-refractivity contribution in [1.82, 2.24) is 25.2 Å². The summed E-state index contributed by atoms with van der Waals surface area (Å²) in [6.45, 7) is 5.12. The molecule has 1 saturated heterocycles. The van der Waals surface area contributed by atoms with Gasteiger partial charge in [0.2, 0.25) is 17.7 Å². The van der Waals surface area contributed by atoms with Crippen LogP contribution in [0, 0.1) is 12.8 Å². The summed E-state index contributed by atoms with van der Waals surface area (Å²) in [7, 11) is 1.22. The molecule has 4 rings (SSSR count). The molecule has 0 aliphatic carbocycles. The number of carbonyl (C=O) groups is 4. The van der Waals surface area contributed by atoms with Gasteiger partial charge in [0.1, 0.15) is 18.1 Å². The third kappa shape index (κ3) is 6.49. The molecule has 42 heavy (non-hydrogen) atoms. The standard InChI is InChI=1S/C30H36N6O6/c1-17(2)26(36-18(3)25(33-34-36)30(41)42-4)29(40)35-16-22(37)15-24(35)28(39)32-23(27(31)38)14-19-10-12-21(13-11-19)20-8-6-5-7-9-20/h5-13,17,22-24,26,37H,14-16H2,1-4H3,(H2,31,38)(H,32,39)/t22-,23-,24+,26-/m1/s1. The molecule has 1 aromatic heterocycles. The van der Waals surface area contributed by atoms with Crippen LogP contribution < -0.4 is 11.1 Å². The minimum Gasteiger partial charge on any atom is -0.464 e. The van der Waals surface area contributed by atoms with Crippen molar-refractivity contribution >= 4 is 23.7 Å². The van der Waals surface area contributed by atoms with Gasteiger partial charge in [-0.25, -0.2) is 9.48 Å². The first-order valence-electron chi connectivity index (χ1n) is 13.7. The molecule has 0 unspecified atom stereocenters. The second kappa shape index (κ2) is 12.9. The van der Waals surface area contributed by atoms with Crippen molar-refractivity contribution in [2.75, 3.05) is 13.7 Å². The number of β-amino-alcohol motifs (C(OH)–C–C–N with tert-alkyl or cyclic N) is 1. The van der Waals surface area contributed by atoms with Crippen LogP contribution in [0.25, 0.3) is 11.1 Å². The van der Waals surface area contributed by atoms with Gasteiger partial charge in [-0.1, -0.05) is 73.7 Å². The van der Waals surface area contributed by atoms with Crippen molar-refractivity contribution in [1.29, 1.82) is 0 Å². The van der Waals surface area contributed by atoms with Crippen molar-refractivity contribution in [3.8, 4) is 11.1 Å². The molecule has 2 heterocycles. The van der Waals surface area contributed by atoms with E-state index in [9.17, 15) is 24.3 Å². The van der Waals surface area contributed by atoms with Crippen molar-refractivity contribution in [2.24, 2.45) is 11.7 Å². The van der Waals surface area contributed by atoms with Gasteiger partial charge in [0.15, 0.2) is 5.69 Å². The van der Waals surface area contributed by atoms with Crippen molar-refractivity contribution < 1.29 is 29.0 Å². The lowest BCUT2D eigenvalue weighted by Crippen LogP contribution is -2.54. The monoisotopic (exact) mass is 576 g/mol. The Balaban J connectivity index is 1.51. The zero-order chi connectivity index (χ0) is 30.6. The van der Waals surface area contributed by atoms with Gasteiger partial charge >= 0.3 is 5.97 Å². The van der Waals surface area contributed by atoms with E-state index in [4.69, 9.17) is 10.5 Å². The van der Waals surface area contributed by atoms with Crippen LogP contribution in [0.2, 0.25) is 0 Å². The van der Waals surface area contributed by atoms with Gasteiger partial charge < -0.3 is 25.8 Å². The van der Waals surface area contributed by atoms with Crippen LogP contribution in [0.5, 0.6) is 0 Å². The van der Waals surface area contributed by atoms with E-state index in [1.54, 1.807) is 20.8 Å². The number of primary amides is 1.